The first kappa shape index (κ1) is 13.3. The number of halogens is 1. The number of hydrogen-bond acceptors (Lipinski definition) is 4. The molecule has 2 heterocycles. The van der Waals surface area contributed by atoms with Crippen LogP contribution in [0.4, 0.5) is 0 Å². The van der Waals surface area contributed by atoms with Crippen molar-refractivity contribution in [3.05, 3.63) is 52.6 Å². The van der Waals surface area contributed by atoms with Gasteiger partial charge in [-0.05, 0) is 58.9 Å². The molecule has 0 aliphatic rings. The summed E-state index contributed by atoms with van der Waals surface area (Å²) in [5.74, 6) is 0.0511. The number of carbonyl (C=O) groups excluding carboxylic acids is 1. The molecule has 0 fully saturated rings. The van der Waals surface area contributed by atoms with Gasteiger partial charge in [-0.15, -0.1) is 10.2 Å². The highest BCUT2D eigenvalue weighted by molar-refractivity contribution is 9.10. The number of fused-ring (bicyclic) bond motifs is 1. The summed E-state index contributed by atoms with van der Waals surface area (Å²) in [4.78, 5) is 12.3. The lowest BCUT2D eigenvalue weighted by Gasteiger charge is -2.04. The smallest absolute Gasteiger partial charge is 0.200 e. The molecule has 0 aliphatic heterocycles. The Morgan fingerprint density at radius 3 is 2.85 bits per heavy atom. The van der Waals surface area contributed by atoms with E-state index in [-0.39, 0.29) is 5.78 Å². The molecule has 0 amide bonds. The standard InChI is InChI=1S/C14H10BrN3OS/c1-9(19)10-5-6-12(11(15)8-10)20-14-17-16-13-4-2-3-7-18(13)14/h2-8H,1H3. The minimum Gasteiger partial charge on any atom is -0.295 e. The average Bonchev–Trinajstić information content (AvgIpc) is 2.84. The lowest BCUT2D eigenvalue weighted by atomic mass is 10.2. The number of Topliss-reactive ketones (excluding diaryl/α,β-unsaturated/α-hetero) is 1. The summed E-state index contributed by atoms with van der Waals surface area (Å²) >= 11 is 5.00. The second-order valence-corrected chi connectivity index (χ2v) is 6.08. The number of ketones is 1. The third-order valence-electron chi connectivity index (χ3n) is 2.82. The predicted molar refractivity (Wildman–Crippen MR) is 81.3 cm³/mol. The molecule has 0 saturated heterocycles. The Hall–Kier alpha value is -1.66. The maximum atomic E-state index is 11.3. The fraction of sp³-hybridized carbons (Fsp3) is 0.0714. The zero-order valence-corrected chi connectivity index (χ0v) is 13.0. The van der Waals surface area contributed by atoms with E-state index in [4.69, 9.17) is 0 Å². The highest BCUT2D eigenvalue weighted by Gasteiger charge is 2.10. The second-order valence-electron chi connectivity index (χ2n) is 4.21. The normalized spacial score (nSPS) is 10.9. The van der Waals surface area contributed by atoms with Crippen LogP contribution in [0.15, 0.2) is 57.1 Å². The number of hydrogen-bond donors (Lipinski definition) is 0. The van der Waals surface area contributed by atoms with E-state index < -0.39 is 0 Å². The summed E-state index contributed by atoms with van der Waals surface area (Å²) in [6.45, 7) is 1.56. The molecule has 6 heteroatoms. The van der Waals surface area contributed by atoms with Crippen LogP contribution in [0.5, 0.6) is 0 Å². The van der Waals surface area contributed by atoms with Crippen LogP contribution in [0.2, 0.25) is 0 Å². The molecule has 0 unspecified atom stereocenters. The SMILES string of the molecule is CC(=O)c1ccc(Sc2nnc3ccccn23)c(Br)c1. The van der Waals surface area contributed by atoms with Crippen LogP contribution in [0.3, 0.4) is 0 Å². The third-order valence-corrected chi connectivity index (χ3v) is 4.78. The van der Waals surface area contributed by atoms with Crippen LogP contribution in [0, 0.1) is 0 Å². The molecule has 0 aliphatic carbocycles. The largest absolute Gasteiger partial charge is 0.295 e. The first-order valence-corrected chi connectivity index (χ1v) is 7.54. The van der Waals surface area contributed by atoms with Crippen molar-refractivity contribution in [1.82, 2.24) is 14.6 Å². The molecule has 0 atom stereocenters. The van der Waals surface area contributed by atoms with Crippen molar-refractivity contribution < 1.29 is 4.79 Å². The highest BCUT2D eigenvalue weighted by atomic mass is 79.9. The third kappa shape index (κ3) is 2.48. The van der Waals surface area contributed by atoms with Crippen molar-refractivity contribution in [2.45, 2.75) is 17.0 Å². The molecule has 3 aromatic rings. The van der Waals surface area contributed by atoms with Gasteiger partial charge in [-0.3, -0.25) is 9.20 Å². The number of pyridine rings is 1. The van der Waals surface area contributed by atoms with Crippen LogP contribution >= 0.6 is 27.7 Å². The molecule has 20 heavy (non-hydrogen) atoms. The average molecular weight is 348 g/mol. The van der Waals surface area contributed by atoms with Crippen molar-refractivity contribution in [3.8, 4) is 0 Å². The zero-order chi connectivity index (χ0) is 14.1. The maximum Gasteiger partial charge on any atom is 0.200 e. The Balaban J connectivity index is 1.97. The van der Waals surface area contributed by atoms with Crippen molar-refractivity contribution in [3.63, 3.8) is 0 Å². The monoisotopic (exact) mass is 347 g/mol. The topological polar surface area (TPSA) is 47.3 Å². The number of carbonyl (C=O) groups is 1. The Labute approximate surface area is 128 Å². The number of nitrogens with zero attached hydrogens (tertiary/aromatic N) is 3. The summed E-state index contributed by atoms with van der Waals surface area (Å²) < 4.78 is 2.80. The highest BCUT2D eigenvalue weighted by Crippen LogP contribution is 2.33. The van der Waals surface area contributed by atoms with E-state index in [2.05, 4.69) is 26.1 Å². The molecule has 3 rings (SSSR count). The lowest BCUT2D eigenvalue weighted by Crippen LogP contribution is -1.92. The summed E-state index contributed by atoms with van der Waals surface area (Å²) in [5, 5.41) is 9.08. The minimum absolute atomic E-state index is 0.0511. The van der Waals surface area contributed by atoms with E-state index in [1.165, 1.54) is 11.8 Å². The molecule has 1 aromatic carbocycles. The van der Waals surface area contributed by atoms with Crippen molar-refractivity contribution in [2.24, 2.45) is 0 Å². The van der Waals surface area contributed by atoms with Crippen molar-refractivity contribution in [2.75, 3.05) is 0 Å². The van der Waals surface area contributed by atoms with Crippen molar-refractivity contribution in [1.29, 1.82) is 0 Å². The quantitative estimate of drug-likeness (QED) is 0.675. The number of aromatic nitrogens is 3. The van der Waals surface area contributed by atoms with E-state index in [1.54, 1.807) is 6.92 Å². The molecule has 2 aromatic heterocycles. The first-order valence-electron chi connectivity index (χ1n) is 5.93. The van der Waals surface area contributed by atoms with Gasteiger partial charge in [0.2, 0.25) is 0 Å². The Bertz CT molecular complexity index is 800. The van der Waals surface area contributed by atoms with Gasteiger partial charge in [-0.1, -0.05) is 12.1 Å². The predicted octanol–water partition coefficient (Wildman–Crippen LogP) is 3.85. The minimum atomic E-state index is 0.0511. The molecule has 0 bridgehead atoms. The molecule has 100 valence electrons. The fourth-order valence-electron chi connectivity index (χ4n) is 1.79. The zero-order valence-electron chi connectivity index (χ0n) is 10.6. The molecule has 0 N–H and O–H groups in total. The summed E-state index contributed by atoms with van der Waals surface area (Å²) in [5.41, 5.74) is 1.50. The summed E-state index contributed by atoms with van der Waals surface area (Å²) in [7, 11) is 0. The van der Waals surface area contributed by atoms with Gasteiger partial charge in [-0.2, -0.15) is 0 Å². The lowest BCUT2D eigenvalue weighted by molar-refractivity contribution is 0.101. The summed E-state index contributed by atoms with van der Waals surface area (Å²) in [6.07, 6.45) is 1.93. The van der Waals surface area contributed by atoms with Crippen LogP contribution < -0.4 is 0 Å². The number of benzene rings is 1. The van der Waals surface area contributed by atoms with Crippen LogP contribution in [0.25, 0.3) is 5.65 Å². The van der Waals surface area contributed by atoms with Gasteiger partial charge in [0.25, 0.3) is 0 Å². The Morgan fingerprint density at radius 2 is 2.10 bits per heavy atom. The van der Waals surface area contributed by atoms with Crippen LogP contribution in [-0.2, 0) is 0 Å². The van der Waals surface area contributed by atoms with E-state index in [1.807, 2.05) is 47.0 Å². The van der Waals surface area contributed by atoms with Gasteiger partial charge < -0.3 is 0 Å². The van der Waals surface area contributed by atoms with Crippen LogP contribution in [-0.4, -0.2) is 20.4 Å². The second kappa shape index (κ2) is 5.38. The van der Waals surface area contributed by atoms with Gasteiger partial charge in [-0.25, -0.2) is 0 Å². The van der Waals surface area contributed by atoms with E-state index in [0.29, 0.717) is 5.56 Å². The number of rotatable bonds is 3. The van der Waals surface area contributed by atoms with Gasteiger partial charge >= 0.3 is 0 Å². The van der Waals surface area contributed by atoms with E-state index in [0.717, 1.165) is 20.2 Å². The van der Waals surface area contributed by atoms with Crippen LogP contribution in [0.1, 0.15) is 17.3 Å². The Kier molecular flexibility index (Phi) is 3.58. The fourth-order valence-corrected chi connectivity index (χ4v) is 3.24. The van der Waals surface area contributed by atoms with E-state index >= 15 is 0 Å². The van der Waals surface area contributed by atoms with Gasteiger partial charge in [0.05, 0.1) is 0 Å². The van der Waals surface area contributed by atoms with E-state index in [9.17, 15) is 4.79 Å². The van der Waals surface area contributed by atoms with Gasteiger partial charge in [0.15, 0.2) is 16.6 Å². The van der Waals surface area contributed by atoms with Gasteiger partial charge in [0.1, 0.15) is 0 Å². The molecule has 4 nitrogen and oxygen atoms in total. The van der Waals surface area contributed by atoms with Gasteiger partial charge in [0, 0.05) is 21.1 Å². The molecular formula is C14H10BrN3OS. The molecular weight excluding hydrogens is 338 g/mol. The molecule has 0 saturated carbocycles. The Morgan fingerprint density at radius 1 is 1.25 bits per heavy atom. The van der Waals surface area contributed by atoms with Crippen molar-refractivity contribution >= 4 is 39.1 Å². The molecule has 0 spiro atoms. The summed E-state index contributed by atoms with van der Waals surface area (Å²) in [6, 6.07) is 11.3. The first-order chi connectivity index (χ1) is 9.65. The molecule has 0 radical (unpaired) electrons. The maximum absolute atomic E-state index is 11.3.